The van der Waals surface area contributed by atoms with E-state index in [1.54, 1.807) is 6.92 Å². The standard InChI is InChI=1S/C12H22N2O.ClH/c1-9(13)12(15)14-8-4-7-11(14)10-5-2-3-6-10;/h9-11H,2-8,13H2,1H3;1H. The van der Waals surface area contributed by atoms with Crippen molar-refractivity contribution in [3.05, 3.63) is 0 Å². The predicted octanol–water partition coefficient (Wildman–Crippen LogP) is 1.94. The summed E-state index contributed by atoms with van der Waals surface area (Å²) in [5, 5.41) is 0. The molecule has 2 atom stereocenters. The Kier molecular flexibility index (Phi) is 5.06. The highest BCUT2D eigenvalue weighted by molar-refractivity contribution is 5.85. The lowest BCUT2D eigenvalue weighted by molar-refractivity contribution is -0.133. The Labute approximate surface area is 104 Å². The van der Waals surface area contributed by atoms with E-state index in [9.17, 15) is 4.79 Å². The molecule has 16 heavy (non-hydrogen) atoms. The number of carbonyl (C=O) groups excluding carboxylic acids is 1. The lowest BCUT2D eigenvalue weighted by Crippen LogP contribution is -2.46. The van der Waals surface area contributed by atoms with Crippen molar-refractivity contribution in [1.82, 2.24) is 4.90 Å². The first-order valence-electron chi connectivity index (χ1n) is 6.26. The van der Waals surface area contributed by atoms with Crippen molar-refractivity contribution in [2.24, 2.45) is 11.7 Å². The van der Waals surface area contributed by atoms with Gasteiger partial charge in [-0.15, -0.1) is 12.4 Å². The largest absolute Gasteiger partial charge is 0.338 e. The molecule has 3 nitrogen and oxygen atoms in total. The highest BCUT2D eigenvalue weighted by Gasteiger charge is 2.36. The number of halogens is 1. The number of hydrogen-bond acceptors (Lipinski definition) is 2. The van der Waals surface area contributed by atoms with Gasteiger partial charge in [-0.3, -0.25) is 4.79 Å². The first kappa shape index (κ1) is 13.8. The van der Waals surface area contributed by atoms with Crippen LogP contribution in [0.5, 0.6) is 0 Å². The summed E-state index contributed by atoms with van der Waals surface area (Å²) < 4.78 is 0. The normalized spacial score (nSPS) is 27.9. The molecule has 2 rings (SSSR count). The van der Waals surface area contributed by atoms with Crippen LogP contribution in [-0.2, 0) is 4.79 Å². The lowest BCUT2D eigenvalue weighted by atomic mass is 9.96. The molecular weight excluding hydrogens is 224 g/mol. The maximum absolute atomic E-state index is 11.9. The summed E-state index contributed by atoms with van der Waals surface area (Å²) in [7, 11) is 0. The van der Waals surface area contributed by atoms with Gasteiger partial charge < -0.3 is 10.6 Å². The molecule has 0 spiro atoms. The van der Waals surface area contributed by atoms with Crippen molar-refractivity contribution in [2.75, 3.05) is 6.54 Å². The monoisotopic (exact) mass is 246 g/mol. The van der Waals surface area contributed by atoms with Gasteiger partial charge in [0.05, 0.1) is 6.04 Å². The molecule has 0 radical (unpaired) electrons. The number of rotatable bonds is 2. The zero-order chi connectivity index (χ0) is 10.8. The topological polar surface area (TPSA) is 46.3 Å². The number of hydrogen-bond donors (Lipinski definition) is 1. The van der Waals surface area contributed by atoms with Gasteiger partial charge in [-0.2, -0.15) is 0 Å². The summed E-state index contributed by atoms with van der Waals surface area (Å²) >= 11 is 0. The van der Waals surface area contributed by atoms with E-state index in [2.05, 4.69) is 4.90 Å². The van der Waals surface area contributed by atoms with Crippen molar-refractivity contribution in [3.63, 3.8) is 0 Å². The fraction of sp³-hybridized carbons (Fsp3) is 0.917. The second-order valence-electron chi connectivity index (χ2n) is 5.07. The molecule has 2 N–H and O–H groups in total. The van der Waals surface area contributed by atoms with Gasteiger partial charge in [0.2, 0.25) is 5.91 Å². The summed E-state index contributed by atoms with van der Waals surface area (Å²) in [6.07, 6.45) is 7.69. The molecule has 1 heterocycles. The SMILES string of the molecule is CC(N)C(=O)N1CCCC1C1CCCC1.Cl. The number of carbonyl (C=O) groups is 1. The molecule has 1 amide bonds. The Morgan fingerprint density at radius 3 is 2.44 bits per heavy atom. The van der Waals surface area contributed by atoms with Crippen molar-refractivity contribution < 1.29 is 4.79 Å². The zero-order valence-corrected chi connectivity index (χ0v) is 10.8. The molecule has 0 bridgehead atoms. The molecule has 2 fully saturated rings. The van der Waals surface area contributed by atoms with Crippen molar-refractivity contribution in [1.29, 1.82) is 0 Å². The Hall–Kier alpha value is -0.280. The van der Waals surface area contributed by atoms with E-state index in [1.165, 1.54) is 38.5 Å². The average molecular weight is 247 g/mol. The molecule has 2 aliphatic rings. The Bertz CT molecular complexity index is 239. The van der Waals surface area contributed by atoms with Crippen LogP contribution in [0.4, 0.5) is 0 Å². The average Bonchev–Trinajstić information content (AvgIpc) is 2.86. The fourth-order valence-electron chi connectivity index (χ4n) is 3.16. The van der Waals surface area contributed by atoms with E-state index < -0.39 is 0 Å². The quantitative estimate of drug-likeness (QED) is 0.810. The van der Waals surface area contributed by atoms with Gasteiger partial charge in [-0.25, -0.2) is 0 Å². The molecular formula is C12H23ClN2O. The maximum Gasteiger partial charge on any atom is 0.239 e. The van der Waals surface area contributed by atoms with Crippen LogP contribution in [-0.4, -0.2) is 29.4 Å². The molecule has 0 aromatic carbocycles. The van der Waals surface area contributed by atoms with Crippen molar-refractivity contribution in [2.45, 2.75) is 57.5 Å². The van der Waals surface area contributed by atoms with Crippen LogP contribution in [0, 0.1) is 5.92 Å². The smallest absolute Gasteiger partial charge is 0.239 e. The van der Waals surface area contributed by atoms with Gasteiger partial charge in [-0.1, -0.05) is 12.8 Å². The summed E-state index contributed by atoms with van der Waals surface area (Å²) in [6.45, 7) is 2.73. The van der Waals surface area contributed by atoms with Gasteiger partial charge in [0, 0.05) is 12.6 Å². The number of amides is 1. The summed E-state index contributed by atoms with van der Waals surface area (Å²) in [5.74, 6) is 0.916. The number of nitrogens with zero attached hydrogens (tertiary/aromatic N) is 1. The van der Waals surface area contributed by atoms with Crippen molar-refractivity contribution >= 4 is 18.3 Å². The van der Waals surface area contributed by atoms with E-state index in [0.29, 0.717) is 6.04 Å². The van der Waals surface area contributed by atoms with Crippen LogP contribution in [0.3, 0.4) is 0 Å². The molecule has 2 unspecified atom stereocenters. The Morgan fingerprint density at radius 1 is 1.25 bits per heavy atom. The molecule has 4 heteroatoms. The molecule has 1 aliphatic heterocycles. The summed E-state index contributed by atoms with van der Waals surface area (Å²) in [6, 6.07) is 0.179. The minimum Gasteiger partial charge on any atom is -0.338 e. The molecule has 0 aromatic heterocycles. The van der Waals surface area contributed by atoms with Crippen LogP contribution in [0.2, 0.25) is 0 Å². The second-order valence-corrected chi connectivity index (χ2v) is 5.07. The molecule has 1 saturated carbocycles. The van der Waals surface area contributed by atoms with E-state index in [4.69, 9.17) is 5.73 Å². The molecule has 1 aliphatic carbocycles. The van der Waals surface area contributed by atoms with E-state index in [-0.39, 0.29) is 24.4 Å². The van der Waals surface area contributed by atoms with Crippen LogP contribution in [0.15, 0.2) is 0 Å². The highest BCUT2D eigenvalue weighted by Crippen LogP contribution is 2.35. The maximum atomic E-state index is 11.9. The molecule has 1 saturated heterocycles. The lowest BCUT2D eigenvalue weighted by Gasteiger charge is -2.30. The summed E-state index contributed by atoms with van der Waals surface area (Å²) in [4.78, 5) is 14.0. The Balaban J connectivity index is 0.00000128. The second kappa shape index (κ2) is 5.87. The summed E-state index contributed by atoms with van der Waals surface area (Å²) in [5.41, 5.74) is 5.69. The fourth-order valence-corrected chi connectivity index (χ4v) is 3.16. The van der Waals surface area contributed by atoms with Gasteiger partial charge in [0.15, 0.2) is 0 Å². The first-order chi connectivity index (χ1) is 7.20. The van der Waals surface area contributed by atoms with E-state index >= 15 is 0 Å². The third kappa shape index (κ3) is 2.69. The number of likely N-dealkylation sites (tertiary alicyclic amines) is 1. The van der Waals surface area contributed by atoms with Gasteiger partial charge in [-0.05, 0) is 38.5 Å². The molecule has 94 valence electrons. The third-order valence-corrected chi connectivity index (χ3v) is 3.92. The molecule has 0 aromatic rings. The van der Waals surface area contributed by atoms with Crippen LogP contribution < -0.4 is 5.73 Å². The number of nitrogens with two attached hydrogens (primary N) is 1. The van der Waals surface area contributed by atoms with Crippen LogP contribution in [0.25, 0.3) is 0 Å². The van der Waals surface area contributed by atoms with E-state index in [1.807, 2.05) is 0 Å². The van der Waals surface area contributed by atoms with Gasteiger partial charge >= 0.3 is 0 Å². The third-order valence-electron chi connectivity index (χ3n) is 3.92. The van der Waals surface area contributed by atoms with E-state index in [0.717, 1.165) is 12.5 Å². The minimum absolute atomic E-state index is 0. The highest BCUT2D eigenvalue weighted by atomic mass is 35.5. The van der Waals surface area contributed by atoms with Gasteiger partial charge in [0.1, 0.15) is 0 Å². The van der Waals surface area contributed by atoms with Crippen LogP contribution in [0.1, 0.15) is 45.4 Å². The Morgan fingerprint density at radius 2 is 1.88 bits per heavy atom. The van der Waals surface area contributed by atoms with Crippen LogP contribution >= 0.6 is 12.4 Å². The zero-order valence-electron chi connectivity index (χ0n) is 10.0. The minimum atomic E-state index is -0.327. The van der Waals surface area contributed by atoms with Gasteiger partial charge in [0.25, 0.3) is 0 Å². The van der Waals surface area contributed by atoms with Crippen molar-refractivity contribution in [3.8, 4) is 0 Å². The predicted molar refractivity (Wildman–Crippen MR) is 67.6 cm³/mol. The first-order valence-corrected chi connectivity index (χ1v) is 6.26.